The molecule has 0 aromatic carbocycles. The molecule has 1 aromatic rings. The molecule has 2 N–H and O–H groups in total. The maximum Gasteiger partial charge on any atom is 0.306 e. The lowest BCUT2D eigenvalue weighted by Crippen LogP contribution is -2.20. The van der Waals surface area contributed by atoms with Gasteiger partial charge in [0, 0.05) is 30.4 Å². The van der Waals surface area contributed by atoms with E-state index in [1.165, 1.54) is 7.11 Å². The maximum atomic E-state index is 11.3. The molecule has 1 heterocycles. The molecule has 1 unspecified atom stereocenters. The van der Waals surface area contributed by atoms with Gasteiger partial charge in [-0.1, -0.05) is 0 Å². The number of carbonyl (C=O) groups excluding carboxylic acids is 1. The van der Waals surface area contributed by atoms with E-state index in [1.807, 2.05) is 4.57 Å². The van der Waals surface area contributed by atoms with Crippen LogP contribution in [0.4, 0.5) is 0 Å². The summed E-state index contributed by atoms with van der Waals surface area (Å²) >= 11 is 0. The number of carbonyl (C=O) groups is 1. The molecule has 0 radical (unpaired) electrons. The Morgan fingerprint density at radius 3 is 2.81 bits per heavy atom. The van der Waals surface area contributed by atoms with Crippen molar-refractivity contribution in [2.45, 2.75) is 32.2 Å². The predicted molar refractivity (Wildman–Crippen MR) is 61.0 cm³/mol. The summed E-state index contributed by atoms with van der Waals surface area (Å²) in [6.07, 6.45) is 3.83. The van der Waals surface area contributed by atoms with Gasteiger partial charge in [-0.15, -0.1) is 0 Å². The Morgan fingerprint density at radius 1 is 1.62 bits per heavy atom. The molecule has 16 heavy (non-hydrogen) atoms. The molecular formula is C11H19N3O2. The van der Waals surface area contributed by atoms with Crippen molar-refractivity contribution in [2.24, 2.45) is 5.73 Å². The van der Waals surface area contributed by atoms with Gasteiger partial charge in [0.25, 0.3) is 0 Å². The van der Waals surface area contributed by atoms with Crippen molar-refractivity contribution in [2.75, 3.05) is 13.7 Å². The van der Waals surface area contributed by atoms with Gasteiger partial charge in [-0.25, -0.2) is 4.98 Å². The van der Waals surface area contributed by atoms with E-state index in [2.05, 4.69) is 23.6 Å². The number of methoxy groups -OCH3 is 1. The lowest BCUT2D eigenvalue weighted by atomic mass is 10.0. The zero-order valence-corrected chi connectivity index (χ0v) is 10.0. The molecule has 0 bridgehead atoms. The standard InChI is InChI=1S/C11H19N3O2/c1-8(2)14-7-13-6-10(14)9(5-12)4-11(15)16-3/h6-9H,4-5,12H2,1-3H3. The molecule has 0 saturated carbocycles. The lowest BCUT2D eigenvalue weighted by Gasteiger charge is -2.18. The van der Waals surface area contributed by atoms with Gasteiger partial charge < -0.3 is 15.0 Å². The summed E-state index contributed by atoms with van der Waals surface area (Å²) in [7, 11) is 1.38. The molecule has 90 valence electrons. The molecule has 0 spiro atoms. The van der Waals surface area contributed by atoms with Crippen LogP contribution in [0.25, 0.3) is 0 Å². The summed E-state index contributed by atoms with van der Waals surface area (Å²) in [6.45, 7) is 4.54. The van der Waals surface area contributed by atoms with Crippen LogP contribution in [0.1, 0.15) is 37.9 Å². The zero-order valence-electron chi connectivity index (χ0n) is 10.0. The summed E-state index contributed by atoms with van der Waals surface area (Å²) in [4.78, 5) is 15.4. The predicted octanol–water partition coefficient (Wildman–Crippen LogP) is 1.07. The van der Waals surface area contributed by atoms with Crippen LogP contribution in [0.5, 0.6) is 0 Å². The van der Waals surface area contributed by atoms with E-state index in [4.69, 9.17) is 5.73 Å². The Balaban J connectivity index is 2.86. The Labute approximate surface area is 95.6 Å². The van der Waals surface area contributed by atoms with Gasteiger partial charge in [0.1, 0.15) is 0 Å². The van der Waals surface area contributed by atoms with Crippen molar-refractivity contribution in [3.05, 3.63) is 18.2 Å². The highest BCUT2D eigenvalue weighted by molar-refractivity contribution is 5.70. The minimum Gasteiger partial charge on any atom is -0.469 e. The SMILES string of the molecule is COC(=O)CC(CN)c1cncn1C(C)C. The van der Waals surface area contributed by atoms with E-state index in [9.17, 15) is 4.79 Å². The minimum absolute atomic E-state index is 0.0302. The molecule has 0 amide bonds. The van der Waals surface area contributed by atoms with Gasteiger partial charge >= 0.3 is 5.97 Å². The molecule has 5 heteroatoms. The van der Waals surface area contributed by atoms with Gasteiger partial charge in [-0.2, -0.15) is 0 Å². The monoisotopic (exact) mass is 225 g/mol. The van der Waals surface area contributed by atoms with E-state index >= 15 is 0 Å². The third-order valence-electron chi connectivity index (χ3n) is 2.60. The fourth-order valence-corrected chi connectivity index (χ4v) is 1.66. The average Bonchev–Trinajstić information content (AvgIpc) is 2.74. The number of rotatable bonds is 5. The number of hydrogen-bond acceptors (Lipinski definition) is 4. The molecular weight excluding hydrogens is 206 g/mol. The van der Waals surface area contributed by atoms with Crippen LogP contribution in [-0.4, -0.2) is 29.2 Å². The second-order valence-corrected chi connectivity index (χ2v) is 4.03. The molecule has 0 aliphatic rings. The Bertz CT molecular complexity index is 347. The van der Waals surface area contributed by atoms with Gasteiger partial charge in [-0.3, -0.25) is 4.79 Å². The van der Waals surface area contributed by atoms with Crippen molar-refractivity contribution < 1.29 is 9.53 Å². The Kier molecular flexibility index (Phi) is 4.49. The normalized spacial score (nSPS) is 12.8. The topological polar surface area (TPSA) is 70.1 Å². The van der Waals surface area contributed by atoms with Crippen molar-refractivity contribution in [3.8, 4) is 0 Å². The second kappa shape index (κ2) is 5.65. The summed E-state index contributed by atoms with van der Waals surface area (Å²) < 4.78 is 6.69. The first-order valence-corrected chi connectivity index (χ1v) is 5.38. The molecule has 0 fully saturated rings. The Hall–Kier alpha value is -1.36. The van der Waals surface area contributed by atoms with Crippen LogP contribution < -0.4 is 5.73 Å². The Morgan fingerprint density at radius 2 is 2.31 bits per heavy atom. The summed E-state index contributed by atoms with van der Waals surface area (Å²) in [5.74, 6) is -0.274. The molecule has 5 nitrogen and oxygen atoms in total. The lowest BCUT2D eigenvalue weighted by molar-refractivity contribution is -0.141. The molecule has 1 aromatic heterocycles. The molecule has 1 atom stereocenters. The number of imidazole rings is 1. The first-order chi connectivity index (χ1) is 7.60. The maximum absolute atomic E-state index is 11.3. The number of hydrogen-bond donors (Lipinski definition) is 1. The van der Waals surface area contributed by atoms with Gasteiger partial charge in [0.2, 0.25) is 0 Å². The van der Waals surface area contributed by atoms with E-state index in [0.717, 1.165) is 5.69 Å². The zero-order chi connectivity index (χ0) is 12.1. The van der Waals surface area contributed by atoms with E-state index in [0.29, 0.717) is 19.0 Å². The highest BCUT2D eigenvalue weighted by Gasteiger charge is 2.19. The van der Waals surface area contributed by atoms with Crippen LogP contribution >= 0.6 is 0 Å². The fourth-order valence-electron chi connectivity index (χ4n) is 1.66. The highest BCUT2D eigenvalue weighted by atomic mass is 16.5. The van der Waals surface area contributed by atoms with Gasteiger partial charge in [-0.05, 0) is 13.8 Å². The first-order valence-electron chi connectivity index (χ1n) is 5.38. The van der Waals surface area contributed by atoms with Crippen LogP contribution in [0.15, 0.2) is 12.5 Å². The van der Waals surface area contributed by atoms with Crippen LogP contribution in [0.2, 0.25) is 0 Å². The smallest absolute Gasteiger partial charge is 0.306 e. The second-order valence-electron chi connectivity index (χ2n) is 4.03. The van der Waals surface area contributed by atoms with Crippen LogP contribution in [-0.2, 0) is 9.53 Å². The quantitative estimate of drug-likeness (QED) is 0.761. The van der Waals surface area contributed by atoms with E-state index < -0.39 is 0 Å². The molecule has 0 aliphatic carbocycles. The average molecular weight is 225 g/mol. The van der Waals surface area contributed by atoms with Crippen molar-refractivity contribution in [3.63, 3.8) is 0 Å². The number of nitrogens with two attached hydrogens (primary N) is 1. The van der Waals surface area contributed by atoms with Crippen molar-refractivity contribution >= 4 is 5.97 Å². The molecule has 1 rings (SSSR count). The van der Waals surface area contributed by atoms with E-state index in [-0.39, 0.29) is 11.9 Å². The number of esters is 1. The van der Waals surface area contributed by atoms with E-state index in [1.54, 1.807) is 12.5 Å². The van der Waals surface area contributed by atoms with Crippen molar-refractivity contribution in [1.82, 2.24) is 9.55 Å². The largest absolute Gasteiger partial charge is 0.469 e. The summed E-state index contributed by atoms with van der Waals surface area (Å²) in [6, 6.07) is 0.309. The van der Waals surface area contributed by atoms with Crippen molar-refractivity contribution in [1.29, 1.82) is 0 Å². The highest BCUT2D eigenvalue weighted by Crippen LogP contribution is 2.21. The number of ether oxygens (including phenoxy) is 1. The third-order valence-corrected chi connectivity index (χ3v) is 2.60. The fraction of sp³-hybridized carbons (Fsp3) is 0.636. The minimum atomic E-state index is -0.244. The third kappa shape index (κ3) is 2.82. The molecule has 0 aliphatic heterocycles. The molecule has 0 saturated heterocycles. The summed E-state index contributed by atoms with van der Waals surface area (Å²) in [5.41, 5.74) is 6.68. The first kappa shape index (κ1) is 12.7. The van der Waals surface area contributed by atoms with Crippen LogP contribution in [0, 0.1) is 0 Å². The number of aromatic nitrogens is 2. The van der Waals surface area contributed by atoms with Gasteiger partial charge in [0.15, 0.2) is 0 Å². The summed E-state index contributed by atoms with van der Waals surface area (Å²) in [5, 5.41) is 0. The number of nitrogens with zero attached hydrogens (tertiary/aromatic N) is 2. The van der Waals surface area contributed by atoms with Crippen LogP contribution in [0.3, 0.4) is 0 Å². The van der Waals surface area contributed by atoms with Gasteiger partial charge in [0.05, 0.1) is 19.9 Å².